The lowest BCUT2D eigenvalue weighted by molar-refractivity contribution is 0.180. The number of hydrogen-bond donors (Lipinski definition) is 1. The fraction of sp³-hybridized carbons (Fsp3) is 1.00. The molecule has 0 spiro atoms. The van der Waals surface area contributed by atoms with E-state index < -0.39 is 0 Å². The first-order valence-corrected chi connectivity index (χ1v) is 5.76. The third-order valence-electron chi connectivity index (χ3n) is 3.13. The van der Waals surface area contributed by atoms with Crippen molar-refractivity contribution < 1.29 is 0 Å². The van der Waals surface area contributed by atoms with Gasteiger partial charge in [-0.3, -0.25) is 4.90 Å². The van der Waals surface area contributed by atoms with Crippen LogP contribution in [0.3, 0.4) is 0 Å². The normalized spacial score (nSPS) is 28.7. The van der Waals surface area contributed by atoms with Crippen LogP contribution in [0.2, 0.25) is 0 Å². The third-order valence-corrected chi connectivity index (χ3v) is 3.13. The quantitative estimate of drug-likeness (QED) is 0.723. The lowest BCUT2D eigenvalue weighted by atomic mass is 10.1. The molecule has 1 fully saturated rings. The first-order chi connectivity index (χ1) is 6.63. The van der Waals surface area contributed by atoms with Crippen LogP contribution >= 0.6 is 0 Å². The summed E-state index contributed by atoms with van der Waals surface area (Å²) in [6.07, 6.45) is 1.29. The third kappa shape index (κ3) is 3.56. The Morgan fingerprint density at radius 1 is 1.43 bits per heavy atom. The van der Waals surface area contributed by atoms with Crippen molar-refractivity contribution in [3.05, 3.63) is 0 Å². The summed E-state index contributed by atoms with van der Waals surface area (Å²) in [5.74, 6) is 0.626. The molecular formula is C11H25N3. The smallest absolute Gasteiger partial charge is 0.0194 e. The van der Waals surface area contributed by atoms with Gasteiger partial charge in [0.2, 0.25) is 0 Å². The Labute approximate surface area is 88.2 Å². The molecule has 0 aliphatic carbocycles. The highest BCUT2D eigenvalue weighted by atomic mass is 15.2. The average molecular weight is 199 g/mol. The summed E-state index contributed by atoms with van der Waals surface area (Å²) in [5.41, 5.74) is 5.66. The Hall–Kier alpha value is -0.120. The van der Waals surface area contributed by atoms with Crippen molar-refractivity contribution in [3.63, 3.8) is 0 Å². The van der Waals surface area contributed by atoms with Crippen molar-refractivity contribution in [2.75, 3.05) is 39.8 Å². The predicted molar refractivity (Wildman–Crippen MR) is 61.4 cm³/mol. The van der Waals surface area contributed by atoms with E-state index in [1.54, 1.807) is 0 Å². The monoisotopic (exact) mass is 199 g/mol. The van der Waals surface area contributed by atoms with E-state index in [4.69, 9.17) is 5.73 Å². The second-order valence-electron chi connectivity index (χ2n) is 4.80. The molecular weight excluding hydrogens is 174 g/mol. The number of nitrogens with two attached hydrogens (primary N) is 1. The summed E-state index contributed by atoms with van der Waals surface area (Å²) in [7, 11) is 2.21. The van der Waals surface area contributed by atoms with Crippen LogP contribution in [0, 0.1) is 5.92 Å². The Balaban J connectivity index is 2.42. The van der Waals surface area contributed by atoms with E-state index in [9.17, 15) is 0 Å². The Kier molecular flexibility index (Phi) is 4.85. The molecule has 2 N–H and O–H groups in total. The molecule has 2 unspecified atom stereocenters. The fourth-order valence-electron chi connectivity index (χ4n) is 2.17. The van der Waals surface area contributed by atoms with Gasteiger partial charge in [-0.1, -0.05) is 6.92 Å². The molecule has 1 heterocycles. The molecule has 3 heteroatoms. The van der Waals surface area contributed by atoms with E-state index >= 15 is 0 Å². The van der Waals surface area contributed by atoms with Crippen molar-refractivity contribution in [2.45, 2.75) is 26.3 Å². The van der Waals surface area contributed by atoms with Crippen LogP contribution in [0.25, 0.3) is 0 Å². The van der Waals surface area contributed by atoms with Crippen LogP contribution in [-0.4, -0.2) is 55.6 Å². The molecule has 0 bridgehead atoms. The first-order valence-electron chi connectivity index (χ1n) is 5.76. The minimum Gasteiger partial charge on any atom is -0.330 e. The topological polar surface area (TPSA) is 32.5 Å². The molecule has 0 amide bonds. The Bertz CT molecular complexity index is 161. The molecule has 3 nitrogen and oxygen atoms in total. The highest BCUT2D eigenvalue weighted by Crippen LogP contribution is 2.10. The molecule has 14 heavy (non-hydrogen) atoms. The molecule has 84 valence electrons. The summed E-state index contributed by atoms with van der Waals surface area (Å²) in [6.45, 7) is 10.2. The zero-order chi connectivity index (χ0) is 10.6. The van der Waals surface area contributed by atoms with Crippen LogP contribution in [0.1, 0.15) is 20.3 Å². The molecule has 0 radical (unpaired) electrons. The molecule has 2 atom stereocenters. The van der Waals surface area contributed by atoms with Gasteiger partial charge in [-0.15, -0.1) is 0 Å². The number of nitrogens with zero attached hydrogens (tertiary/aromatic N) is 2. The van der Waals surface area contributed by atoms with Gasteiger partial charge in [0.05, 0.1) is 0 Å². The van der Waals surface area contributed by atoms with Gasteiger partial charge in [0.25, 0.3) is 0 Å². The highest BCUT2D eigenvalue weighted by Gasteiger charge is 2.20. The number of likely N-dealkylation sites (N-methyl/N-ethyl adjacent to an activating group) is 1. The van der Waals surface area contributed by atoms with Gasteiger partial charge in [-0.25, -0.2) is 0 Å². The van der Waals surface area contributed by atoms with Crippen LogP contribution in [-0.2, 0) is 0 Å². The largest absolute Gasteiger partial charge is 0.330 e. The summed E-state index contributed by atoms with van der Waals surface area (Å²) < 4.78 is 0. The average Bonchev–Trinajstić information content (AvgIpc) is 2.29. The van der Waals surface area contributed by atoms with Crippen LogP contribution in [0.4, 0.5) is 0 Å². The van der Waals surface area contributed by atoms with Crippen molar-refractivity contribution in [1.82, 2.24) is 9.80 Å². The van der Waals surface area contributed by atoms with Crippen LogP contribution < -0.4 is 5.73 Å². The molecule has 1 rings (SSSR count). The van der Waals surface area contributed by atoms with Crippen molar-refractivity contribution in [2.24, 2.45) is 11.7 Å². The van der Waals surface area contributed by atoms with Gasteiger partial charge in [-0.05, 0) is 45.9 Å². The van der Waals surface area contributed by atoms with E-state index in [1.165, 1.54) is 26.1 Å². The lowest BCUT2D eigenvalue weighted by Crippen LogP contribution is -2.41. The van der Waals surface area contributed by atoms with Crippen LogP contribution in [0.5, 0.6) is 0 Å². The Morgan fingerprint density at radius 2 is 2.14 bits per heavy atom. The summed E-state index contributed by atoms with van der Waals surface area (Å²) >= 11 is 0. The second-order valence-corrected chi connectivity index (χ2v) is 4.80. The highest BCUT2D eigenvalue weighted by molar-refractivity contribution is 4.76. The van der Waals surface area contributed by atoms with E-state index in [0.29, 0.717) is 12.0 Å². The van der Waals surface area contributed by atoms with Gasteiger partial charge in [0, 0.05) is 19.1 Å². The number of hydrogen-bond acceptors (Lipinski definition) is 3. The lowest BCUT2D eigenvalue weighted by Gasteiger charge is -2.29. The van der Waals surface area contributed by atoms with Gasteiger partial charge in [-0.2, -0.15) is 0 Å². The second kappa shape index (κ2) is 5.69. The predicted octanol–water partition coefficient (Wildman–Crippen LogP) is 0.607. The standard InChI is InChI=1S/C11H25N3/c1-10(7-12)8-14-6-4-5-13(3)9-11(14)2/h10-11H,4-9,12H2,1-3H3. The van der Waals surface area contributed by atoms with E-state index in [2.05, 4.69) is 30.7 Å². The van der Waals surface area contributed by atoms with E-state index in [-0.39, 0.29) is 0 Å². The minimum atomic E-state index is 0.626. The molecule has 0 saturated carbocycles. The maximum absolute atomic E-state index is 5.66. The van der Waals surface area contributed by atoms with Crippen molar-refractivity contribution in [3.8, 4) is 0 Å². The van der Waals surface area contributed by atoms with Crippen molar-refractivity contribution >= 4 is 0 Å². The zero-order valence-corrected chi connectivity index (χ0v) is 9.87. The molecule has 0 aromatic rings. The maximum Gasteiger partial charge on any atom is 0.0194 e. The van der Waals surface area contributed by atoms with E-state index in [1.807, 2.05) is 0 Å². The summed E-state index contributed by atoms with van der Waals surface area (Å²) in [4.78, 5) is 5.01. The molecule has 1 aliphatic rings. The van der Waals surface area contributed by atoms with Crippen molar-refractivity contribution in [1.29, 1.82) is 0 Å². The molecule has 0 aromatic carbocycles. The van der Waals surface area contributed by atoms with Gasteiger partial charge in [0.15, 0.2) is 0 Å². The first kappa shape index (κ1) is 12.0. The molecule has 1 aliphatic heterocycles. The van der Waals surface area contributed by atoms with Gasteiger partial charge < -0.3 is 10.6 Å². The summed E-state index contributed by atoms with van der Waals surface area (Å²) in [5, 5.41) is 0. The molecule has 1 saturated heterocycles. The molecule has 0 aromatic heterocycles. The summed E-state index contributed by atoms with van der Waals surface area (Å²) in [6, 6.07) is 0.677. The van der Waals surface area contributed by atoms with Gasteiger partial charge >= 0.3 is 0 Å². The number of rotatable bonds is 3. The van der Waals surface area contributed by atoms with E-state index in [0.717, 1.165) is 13.1 Å². The maximum atomic E-state index is 5.66. The fourth-order valence-corrected chi connectivity index (χ4v) is 2.17. The van der Waals surface area contributed by atoms with Gasteiger partial charge in [0.1, 0.15) is 0 Å². The minimum absolute atomic E-state index is 0.626. The SMILES string of the molecule is CC(CN)CN1CCCN(C)CC1C. The van der Waals surface area contributed by atoms with Crippen LogP contribution in [0.15, 0.2) is 0 Å². The Morgan fingerprint density at radius 3 is 2.79 bits per heavy atom. The zero-order valence-electron chi connectivity index (χ0n) is 9.87.